The number of methoxy groups -OCH3 is 2. The number of nitrogens with zero attached hydrogens (tertiary/aromatic N) is 4. The van der Waals surface area contributed by atoms with Crippen molar-refractivity contribution < 1.29 is 14.3 Å². The molecule has 2 aromatic rings. The molecule has 0 saturated carbocycles. The van der Waals surface area contributed by atoms with Gasteiger partial charge in [0.25, 0.3) is 0 Å². The number of aromatic nitrogens is 3. The molecule has 0 bridgehead atoms. The lowest BCUT2D eigenvalue weighted by atomic mass is 10.2. The summed E-state index contributed by atoms with van der Waals surface area (Å²) in [5.41, 5.74) is 0.864. The number of hydrogen-bond donors (Lipinski definition) is 0. The molecule has 0 fully saturated rings. The zero-order valence-electron chi connectivity index (χ0n) is 14.7. The number of rotatable bonds is 6. The Morgan fingerprint density at radius 2 is 2.08 bits per heavy atom. The topological polar surface area (TPSA) is 69.5 Å². The van der Waals surface area contributed by atoms with Crippen LogP contribution in [0, 0.1) is 0 Å². The van der Waals surface area contributed by atoms with Crippen LogP contribution in [0.1, 0.15) is 23.6 Å². The first kappa shape index (κ1) is 17.0. The van der Waals surface area contributed by atoms with Crippen LogP contribution in [-0.4, -0.2) is 46.8 Å². The lowest BCUT2D eigenvalue weighted by Gasteiger charge is -2.14. The highest BCUT2D eigenvalue weighted by atomic mass is 16.5. The molecule has 0 spiro atoms. The summed E-state index contributed by atoms with van der Waals surface area (Å²) in [6.45, 7) is 1.38. The van der Waals surface area contributed by atoms with E-state index >= 15 is 0 Å². The molecule has 0 N–H and O–H groups in total. The van der Waals surface area contributed by atoms with Crippen molar-refractivity contribution in [2.75, 3.05) is 21.3 Å². The molecule has 0 saturated heterocycles. The van der Waals surface area contributed by atoms with E-state index in [2.05, 4.69) is 14.8 Å². The highest BCUT2D eigenvalue weighted by Gasteiger charge is 2.19. The van der Waals surface area contributed by atoms with Gasteiger partial charge in [0.1, 0.15) is 5.82 Å². The van der Waals surface area contributed by atoms with Gasteiger partial charge in [0, 0.05) is 26.1 Å². The quantitative estimate of drug-likeness (QED) is 0.750. The summed E-state index contributed by atoms with van der Waals surface area (Å²) in [5, 5.41) is 8.35. The Bertz CT molecular complexity index is 798. The average Bonchev–Trinajstić information content (AvgIpc) is 3.24. The van der Waals surface area contributed by atoms with E-state index in [4.69, 9.17) is 9.47 Å². The number of hydrogen-bond acceptors (Lipinski definition) is 5. The number of benzene rings is 1. The summed E-state index contributed by atoms with van der Waals surface area (Å²) in [6, 6.07) is 5.51. The second-order valence-electron chi connectivity index (χ2n) is 5.93. The van der Waals surface area contributed by atoms with Gasteiger partial charge in [-0.25, -0.2) is 0 Å². The van der Waals surface area contributed by atoms with Crippen LogP contribution in [0.5, 0.6) is 11.5 Å². The number of carbonyl (C=O) groups excluding carboxylic acids is 1. The van der Waals surface area contributed by atoms with E-state index in [1.165, 1.54) is 0 Å². The maximum absolute atomic E-state index is 12.3. The number of likely N-dealkylation sites (N-methyl/N-ethyl adjacent to an activating group) is 1. The number of fused-ring (bicyclic) bond motifs is 1. The molecule has 1 amide bonds. The highest BCUT2D eigenvalue weighted by molar-refractivity contribution is 5.91. The van der Waals surface area contributed by atoms with E-state index in [0.29, 0.717) is 18.0 Å². The van der Waals surface area contributed by atoms with E-state index in [1.54, 1.807) is 38.3 Å². The number of amides is 1. The van der Waals surface area contributed by atoms with E-state index < -0.39 is 0 Å². The predicted octanol–water partition coefficient (Wildman–Crippen LogP) is 1.91. The Kier molecular flexibility index (Phi) is 5.02. The molecule has 1 aromatic heterocycles. The summed E-state index contributed by atoms with van der Waals surface area (Å²) >= 11 is 0. The van der Waals surface area contributed by atoms with Crippen LogP contribution < -0.4 is 9.47 Å². The van der Waals surface area contributed by atoms with E-state index in [1.807, 2.05) is 18.2 Å². The molecule has 0 aliphatic carbocycles. The van der Waals surface area contributed by atoms with Crippen molar-refractivity contribution in [1.29, 1.82) is 0 Å². The summed E-state index contributed by atoms with van der Waals surface area (Å²) in [7, 11) is 4.94. The van der Waals surface area contributed by atoms with Gasteiger partial charge in [0.15, 0.2) is 17.3 Å². The van der Waals surface area contributed by atoms with Gasteiger partial charge in [-0.05, 0) is 30.2 Å². The summed E-state index contributed by atoms with van der Waals surface area (Å²) in [4.78, 5) is 14.0. The van der Waals surface area contributed by atoms with Crippen LogP contribution >= 0.6 is 0 Å². The van der Waals surface area contributed by atoms with Gasteiger partial charge in [-0.2, -0.15) is 0 Å². The smallest absolute Gasteiger partial charge is 0.246 e. The van der Waals surface area contributed by atoms with E-state index in [0.717, 1.165) is 36.6 Å². The molecule has 0 radical (unpaired) electrons. The molecule has 7 nitrogen and oxygen atoms in total. The zero-order valence-corrected chi connectivity index (χ0v) is 14.7. The van der Waals surface area contributed by atoms with Gasteiger partial charge in [0.2, 0.25) is 5.91 Å². The predicted molar refractivity (Wildman–Crippen MR) is 93.4 cm³/mol. The van der Waals surface area contributed by atoms with Crippen molar-refractivity contribution in [2.24, 2.45) is 0 Å². The van der Waals surface area contributed by atoms with Crippen LogP contribution in [-0.2, 0) is 24.3 Å². The first-order valence-electron chi connectivity index (χ1n) is 8.18. The SMILES string of the molecule is COc1ccc(/C=C/C(=O)N(C)Cc2nnc3n2CCC3)cc1OC. The zero-order chi connectivity index (χ0) is 17.8. The van der Waals surface area contributed by atoms with Gasteiger partial charge in [-0.15, -0.1) is 10.2 Å². The highest BCUT2D eigenvalue weighted by Crippen LogP contribution is 2.28. The summed E-state index contributed by atoms with van der Waals surface area (Å²) in [5.74, 6) is 3.04. The number of carbonyl (C=O) groups is 1. The third kappa shape index (κ3) is 3.65. The maximum Gasteiger partial charge on any atom is 0.246 e. The fraction of sp³-hybridized carbons (Fsp3) is 0.389. The van der Waals surface area contributed by atoms with Gasteiger partial charge >= 0.3 is 0 Å². The minimum absolute atomic E-state index is 0.0925. The third-order valence-corrected chi connectivity index (χ3v) is 4.27. The Morgan fingerprint density at radius 3 is 2.84 bits per heavy atom. The maximum atomic E-state index is 12.3. The normalized spacial score (nSPS) is 13.1. The molecular formula is C18H22N4O3. The molecule has 0 unspecified atom stereocenters. The third-order valence-electron chi connectivity index (χ3n) is 4.27. The van der Waals surface area contributed by atoms with Crippen LogP contribution in [0.2, 0.25) is 0 Å². The molecule has 1 aliphatic rings. The van der Waals surface area contributed by atoms with Crippen LogP contribution in [0.4, 0.5) is 0 Å². The van der Waals surface area contributed by atoms with E-state index in [-0.39, 0.29) is 5.91 Å². The second kappa shape index (κ2) is 7.38. The second-order valence-corrected chi connectivity index (χ2v) is 5.93. The molecule has 7 heteroatoms. The number of aryl methyl sites for hydroxylation is 1. The molecule has 0 atom stereocenters. The van der Waals surface area contributed by atoms with Crippen molar-refractivity contribution >= 4 is 12.0 Å². The Labute approximate surface area is 146 Å². The van der Waals surface area contributed by atoms with Crippen molar-refractivity contribution in [3.8, 4) is 11.5 Å². The largest absolute Gasteiger partial charge is 0.493 e. The monoisotopic (exact) mass is 342 g/mol. The fourth-order valence-corrected chi connectivity index (χ4v) is 2.87. The standard InChI is InChI=1S/C18H22N4O3/c1-21(12-17-20-19-16-5-4-10-22(16)17)18(23)9-7-13-6-8-14(24-2)15(11-13)25-3/h6-9,11H,4-5,10,12H2,1-3H3/b9-7+. The van der Waals surface area contributed by atoms with Crippen molar-refractivity contribution in [1.82, 2.24) is 19.7 Å². The van der Waals surface area contributed by atoms with Crippen LogP contribution in [0.15, 0.2) is 24.3 Å². The van der Waals surface area contributed by atoms with Gasteiger partial charge in [-0.3, -0.25) is 4.79 Å². The van der Waals surface area contributed by atoms with Crippen molar-refractivity contribution in [2.45, 2.75) is 25.9 Å². The molecule has 1 aromatic carbocycles. The van der Waals surface area contributed by atoms with Crippen LogP contribution in [0.3, 0.4) is 0 Å². The number of ether oxygens (including phenoxy) is 2. The molecule has 3 rings (SSSR count). The van der Waals surface area contributed by atoms with E-state index in [9.17, 15) is 4.79 Å². The van der Waals surface area contributed by atoms with Gasteiger partial charge < -0.3 is 18.9 Å². The first-order valence-corrected chi connectivity index (χ1v) is 8.18. The van der Waals surface area contributed by atoms with Crippen molar-refractivity contribution in [3.05, 3.63) is 41.5 Å². The molecule has 132 valence electrons. The Morgan fingerprint density at radius 1 is 1.28 bits per heavy atom. The molecular weight excluding hydrogens is 320 g/mol. The minimum Gasteiger partial charge on any atom is -0.493 e. The molecule has 1 aliphatic heterocycles. The fourth-order valence-electron chi connectivity index (χ4n) is 2.87. The van der Waals surface area contributed by atoms with Gasteiger partial charge in [-0.1, -0.05) is 6.07 Å². The molecule has 25 heavy (non-hydrogen) atoms. The van der Waals surface area contributed by atoms with Crippen LogP contribution in [0.25, 0.3) is 6.08 Å². The lowest BCUT2D eigenvalue weighted by Crippen LogP contribution is -2.25. The van der Waals surface area contributed by atoms with Gasteiger partial charge in [0.05, 0.1) is 20.8 Å². The average molecular weight is 342 g/mol. The summed E-state index contributed by atoms with van der Waals surface area (Å²) < 4.78 is 12.6. The Balaban J connectivity index is 1.65. The lowest BCUT2D eigenvalue weighted by molar-refractivity contribution is -0.125. The first-order chi connectivity index (χ1) is 12.1. The Hall–Kier alpha value is -2.83. The van der Waals surface area contributed by atoms with Crippen molar-refractivity contribution in [3.63, 3.8) is 0 Å². The minimum atomic E-state index is -0.0925. The summed E-state index contributed by atoms with van der Waals surface area (Å²) in [6.07, 6.45) is 5.36. The molecule has 2 heterocycles.